The maximum atomic E-state index is 13.7. The molecule has 0 radical (unpaired) electrons. The first kappa shape index (κ1) is 28.3. The van der Waals surface area contributed by atoms with Gasteiger partial charge in [-0.2, -0.15) is 0 Å². The number of nitrogens with one attached hydrogen (secondary N) is 1. The molecule has 3 aromatic carbocycles. The number of rotatable bonds is 11. The molecule has 1 heterocycles. The summed E-state index contributed by atoms with van der Waals surface area (Å²) in [7, 11) is -1.38. The average molecular weight is 558 g/mol. The number of carbonyl (C=O) groups excluding carboxylic acids is 1. The van der Waals surface area contributed by atoms with Crippen LogP contribution in [0.1, 0.15) is 11.1 Å². The number of carbonyl (C=O) groups is 1. The highest BCUT2D eigenvalue weighted by Crippen LogP contribution is 2.32. The van der Waals surface area contributed by atoms with Crippen molar-refractivity contribution in [3.05, 3.63) is 83.7 Å². The van der Waals surface area contributed by atoms with Crippen molar-refractivity contribution in [1.29, 1.82) is 0 Å². The minimum absolute atomic E-state index is 0.104. The molecule has 0 atom stereocenters. The summed E-state index contributed by atoms with van der Waals surface area (Å²) in [4.78, 5) is 15.2. The molecule has 0 aromatic heterocycles. The first-order valence-corrected chi connectivity index (χ1v) is 13.9. The van der Waals surface area contributed by atoms with Gasteiger partial charge in [0.05, 0.1) is 38.0 Å². The van der Waals surface area contributed by atoms with E-state index in [1.165, 1.54) is 44.6 Å². The average Bonchev–Trinajstić information content (AvgIpc) is 2.95. The molecule has 0 unspecified atom stereocenters. The second-order valence-electron chi connectivity index (χ2n) is 8.99. The molecule has 4 rings (SSSR count). The van der Waals surface area contributed by atoms with Crippen molar-refractivity contribution >= 4 is 21.6 Å². The Morgan fingerprint density at radius 2 is 1.67 bits per heavy atom. The van der Waals surface area contributed by atoms with Crippen molar-refractivity contribution in [3.8, 4) is 11.5 Å². The van der Waals surface area contributed by atoms with Gasteiger partial charge < -0.3 is 19.5 Å². The highest BCUT2D eigenvalue weighted by Gasteiger charge is 2.28. The fourth-order valence-electron chi connectivity index (χ4n) is 4.27. The first-order chi connectivity index (χ1) is 18.8. The molecule has 1 N–H and O–H groups in total. The maximum Gasteiger partial charge on any atom is 0.264 e. The molecule has 1 amide bonds. The lowest BCUT2D eigenvalue weighted by molar-refractivity contribution is -0.119. The molecule has 39 heavy (non-hydrogen) atoms. The Morgan fingerprint density at radius 3 is 2.36 bits per heavy atom. The van der Waals surface area contributed by atoms with Gasteiger partial charge >= 0.3 is 0 Å². The summed E-state index contributed by atoms with van der Waals surface area (Å²) in [6.45, 7) is 3.68. The normalized spacial score (nSPS) is 14.0. The molecule has 208 valence electrons. The van der Waals surface area contributed by atoms with Crippen molar-refractivity contribution in [2.45, 2.75) is 18.0 Å². The zero-order valence-corrected chi connectivity index (χ0v) is 22.7. The Bertz CT molecular complexity index is 1380. The van der Waals surface area contributed by atoms with Gasteiger partial charge in [0.1, 0.15) is 12.4 Å². The van der Waals surface area contributed by atoms with E-state index < -0.39 is 28.3 Å². The van der Waals surface area contributed by atoms with E-state index in [0.29, 0.717) is 19.0 Å². The molecular weight excluding hydrogens is 525 g/mol. The Balaban J connectivity index is 1.50. The van der Waals surface area contributed by atoms with Crippen molar-refractivity contribution in [2.75, 3.05) is 51.4 Å². The summed E-state index contributed by atoms with van der Waals surface area (Å²) >= 11 is 0. The zero-order chi connectivity index (χ0) is 27.8. The smallest absolute Gasteiger partial charge is 0.264 e. The van der Waals surface area contributed by atoms with Crippen LogP contribution in [0.15, 0.2) is 71.6 Å². The van der Waals surface area contributed by atoms with E-state index in [2.05, 4.69) is 10.2 Å². The van der Waals surface area contributed by atoms with Crippen LogP contribution in [0.2, 0.25) is 0 Å². The van der Waals surface area contributed by atoms with E-state index in [4.69, 9.17) is 14.2 Å². The lowest BCUT2D eigenvalue weighted by atomic mass is 10.1. The number of morpholine rings is 1. The maximum absolute atomic E-state index is 13.7. The summed E-state index contributed by atoms with van der Waals surface area (Å²) in [6.07, 6.45) is 0. The van der Waals surface area contributed by atoms with Gasteiger partial charge in [-0.1, -0.05) is 24.3 Å². The van der Waals surface area contributed by atoms with Crippen LogP contribution in [0.5, 0.6) is 11.5 Å². The third kappa shape index (κ3) is 7.25. The first-order valence-electron chi connectivity index (χ1n) is 12.4. The Labute approximate surface area is 228 Å². The molecule has 9 nitrogen and oxygen atoms in total. The lowest BCUT2D eigenvalue weighted by Crippen LogP contribution is -2.40. The zero-order valence-electron chi connectivity index (χ0n) is 21.9. The van der Waals surface area contributed by atoms with Crippen LogP contribution in [0, 0.1) is 5.82 Å². The van der Waals surface area contributed by atoms with Gasteiger partial charge in [0.15, 0.2) is 11.5 Å². The summed E-state index contributed by atoms with van der Waals surface area (Å²) in [6, 6.07) is 17.0. The predicted molar refractivity (Wildman–Crippen MR) is 145 cm³/mol. The standard InChI is InChI=1S/C28H32FN3O6S/c1-36-26-11-10-25(17-27(26)37-2)39(34,35)32(24-8-6-23(29)7-9-24)20-28(33)30-18-21-4-3-5-22(16-21)19-31-12-14-38-15-13-31/h3-11,16-17H,12-15,18-20H2,1-2H3,(H,30,33). The van der Waals surface area contributed by atoms with E-state index in [1.54, 1.807) is 0 Å². The number of ether oxygens (including phenoxy) is 3. The van der Waals surface area contributed by atoms with E-state index in [9.17, 15) is 17.6 Å². The van der Waals surface area contributed by atoms with Crippen LogP contribution in [0.25, 0.3) is 0 Å². The van der Waals surface area contributed by atoms with Crippen molar-refractivity contribution in [2.24, 2.45) is 0 Å². The van der Waals surface area contributed by atoms with Gasteiger partial charge in [-0.05, 0) is 47.5 Å². The number of methoxy groups -OCH3 is 2. The molecule has 3 aromatic rings. The summed E-state index contributed by atoms with van der Waals surface area (Å²) in [5.41, 5.74) is 2.16. The fourth-order valence-corrected chi connectivity index (χ4v) is 5.71. The van der Waals surface area contributed by atoms with Gasteiger partial charge in [0.25, 0.3) is 10.0 Å². The van der Waals surface area contributed by atoms with Crippen LogP contribution < -0.4 is 19.1 Å². The van der Waals surface area contributed by atoms with Crippen molar-refractivity contribution < 1.29 is 31.8 Å². The van der Waals surface area contributed by atoms with E-state index in [1.807, 2.05) is 24.3 Å². The van der Waals surface area contributed by atoms with Gasteiger partial charge in [0, 0.05) is 32.2 Å². The van der Waals surface area contributed by atoms with Gasteiger partial charge in [0.2, 0.25) is 5.91 Å². The number of sulfonamides is 1. The third-order valence-electron chi connectivity index (χ3n) is 6.34. The third-order valence-corrected chi connectivity index (χ3v) is 8.11. The van der Waals surface area contributed by atoms with Crippen LogP contribution in [0.4, 0.5) is 10.1 Å². The minimum Gasteiger partial charge on any atom is -0.493 e. The van der Waals surface area contributed by atoms with Gasteiger partial charge in [-0.15, -0.1) is 0 Å². The lowest BCUT2D eigenvalue weighted by Gasteiger charge is -2.26. The van der Waals surface area contributed by atoms with Gasteiger partial charge in [-0.25, -0.2) is 12.8 Å². The van der Waals surface area contributed by atoms with Crippen LogP contribution in [-0.4, -0.2) is 66.3 Å². The van der Waals surface area contributed by atoms with E-state index >= 15 is 0 Å². The highest BCUT2D eigenvalue weighted by molar-refractivity contribution is 7.92. The second kappa shape index (κ2) is 12.9. The quantitative estimate of drug-likeness (QED) is 0.387. The molecule has 1 aliphatic heterocycles. The number of benzene rings is 3. The molecule has 1 aliphatic rings. The van der Waals surface area contributed by atoms with E-state index in [-0.39, 0.29) is 22.9 Å². The molecule has 1 fully saturated rings. The number of nitrogens with zero attached hydrogens (tertiary/aromatic N) is 2. The number of amides is 1. The Morgan fingerprint density at radius 1 is 0.974 bits per heavy atom. The Hall–Kier alpha value is -3.67. The highest BCUT2D eigenvalue weighted by atomic mass is 32.2. The van der Waals surface area contributed by atoms with Crippen LogP contribution in [0.3, 0.4) is 0 Å². The van der Waals surface area contributed by atoms with Gasteiger partial charge in [-0.3, -0.25) is 14.0 Å². The monoisotopic (exact) mass is 557 g/mol. The molecular formula is C28H32FN3O6S. The number of hydrogen-bond acceptors (Lipinski definition) is 7. The molecule has 1 saturated heterocycles. The van der Waals surface area contributed by atoms with Crippen molar-refractivity contribution in [3.63, 3.8) is 0 Å². The molecule has 0 aliphatic carbocycles. The number of anilines is 1. The Kier molecular flexibility index (Phi) is 9.39. The molecule has 0 saturated carbocycles. The minimum atomic E-state index is -4.23. The number of hydrogen-bond donors (Lipinski definition) is 1. The fraction of sp³-hybridized carbons (Fsp3) is 0.321. The van der Waals surface area contributed by atoms with E-state index in [0.717, 1.165) is 47.2 Å². The summed E-state index contributed by atoms with van der Waals surface area (Å²) < 4.78 is 57.8. The molecule has 11 heteroatoms. The molecule has 0 bridgehead atoms. The number of halogens is 1. The predicted octanol–water partition coefficient (Wildman–Crippen LogP) is 3.19. The topological polar surface area (TPSA) is 97.4 Å². The second-order valence-corrected chi connectivity index (χ2v) is 10.9. The van der Waals surface area contributed by atoms with Crippen molar-refractivity contribution in [1.82, 2.24) is 10.2 Å². The molecule has 0 spiro atoms. The summed E-state index contributed by atoms with van der Waals surface area (Å²) in [5.74, 6) is -0.456. The largest absolute Gasteiger partial charge is 0.493 e. The SMILES string of the molecule is COc1ccc(S(=O)(=O)N(CC(=O)NCc2cccc(CN3CCOCC3)c2)c2ccc(F)cc2)cc1OC. The van der Waals surface area contributed by atoms with Crippen LogP contribution in [-0.2, 0) is 32.6 Å². The summed E-state index contributed by atoms with van der Waals surface area (Å²) in [5, 5.41) is 2.81. The van der Waals surface area contributed by atoms with Crippen LogP contribution >= 0.6 is 0 Å².